The van der Waals surface area contributed by atoms with Crippen molar-refractivity contribution in [1.82, 2.24) is 5.32 Å². The van der Waals surface area contributed by atoms with E-state index in [0.29, 0.717) is 5.76 Å². The summed E-state index contributed by atoms with van der Waals surface area (Å²) in [5.74, 6) is -1.01. The predicted molar refractivity (Wildman–Crippen MR) is 65.7 cm³/mol. The molecule has 0 saturated carbocycles. The van der Waals surface area contributed by atoms with Gasteiger partial charge < -0.3 is 9.73 Å². The molecule has 0 fully saturated rings. The molecule has 0 aliphatic carbocycles. The Labute approximate surface area is 109 Å². The minimum Gasteiger partial charge on any atom is -0.456 e. The molecule has 2 aromatic rings. The smallest absolute Gasteiger partial charge is 0.287 e. The van der Waals surface area contributed by atoms with E-state index in [9.17, 15) is 13.6 Å². The van der Waals surface area contributed by atoms with Crippen molar-refractivity contribution < 1.29 is 18.0 Å². The number of carbonyl (C=O) groups excluding carboxylic acids is 1. The summed E-state index contributed by atoms with van der Waals surface area (Å²) in [4.78, 5) is 11.8. The van der Waals surface area contributed by atoms with Gasteiger partial charge in [0.05, 0.1) is 6.04 Å². The summed E-state index contributed by atoms with van der Waals surface area (Å²) in [5, 5.41) is 2.59. The molecule has 19 heavy (non-hydrogen) atoms. The summed E-state index contributed by atoms with van der Waals surface area (Å²) in [6.45, 7) is 3.34. The van der Waals surface area contributed by atoms with E-state index in [4.69, 9.17) is 4.42 Å². The van der Waals surface area contributed by atoms with Crippen LogP contribution in [0.4, 0.5) is 8.78 Å². The molecule has 1 aromatic heterocycles. The molecule has 2 rings (SSSR count). The molecule has 1 N–H and O–H groups in total. The highest BCUT2D eigenvalue weighted by Crippen LogP contribution is 2.18. The number of carbonyl (C=O) groups is 1. The summed E-state index contributed by atoms with van der Waals surface area (Å²) in [7, 11) is 0. The molecule has 1 heterocycles. The van der Waals surface area contributed by atoms with Crippen molar-refractivity contribution in [2.24, 2.45) is 0 Å². The zero-order chi connectivity index (χ0) is 14.0. The van der Waals surface area contributed by atoms with E-state index in [1.54, 1.807) is 26.0 Å². The molecule has 1 unspecified atom stereocenters. The van der Waals surface area contributed by atoms with Gasteiger partial charge in [0, 0.05) is 11.6 Å². The maximum absolute atomic E-state index is 13.5. The maximum atomic E-state index is 13.5. The third-order valence-electron chi connectivity index (χ3n) is 2.74. The molecule has 1 aromatic carbocycles. The molecule has 0 saturated heterocycles. The standard InChI is InChI=1S/C14H13F2NO2/c1-8-3-6-13(19-8)14(18)17-9(2)11-5-4-10(15)7-12(11)16/h3-7,9H,1-2H3,(H,17,18). The van der Waals surface area contributed by atoms with Gasteiger partial charge in [0.15, 0.2) is 5.76 Å². The molecule has 100 valence electrons. The molecule has 1 amide bonds. The molecular formula is C14H13F2NO2. The van der Waals surface area contributed by atoms with Crippen molar-refractivity contribution in [2.75, 3.05) is 0 Å². The number of amides is 1. The highest BCUT2D eigenvalue weighted by molar-refractivity contribution is 5.91. The van der Waals surface area contributed by atoms with E-state index in [-0.39, 0.29) is 11.3 Å². The number of hydrogen-bond acceptors (Lipinski definition) is 2. The molecule has 5 heteroatoms. The average Bonchev–Trinajstić information content (AvgIpc) is 2.75. The Bertz CT molecular complexity index is 607. The quantitative estimate of drug-likeness (QED) is 0.924. The van der Waals surface area contributed by atoms with Crippen LogP contribution in [0.3, 0.4) is 0 Å². The molecule has 3 nitrogen and oxygen atoms in total. The summed E-state index contributed by atoms with van der Waals surface area (Å²) in [6, 6.07) is 5.87. The Morgan fingerprint density at radius 3 is 2.58 bits per heavy atom. The lowest BCUT2D eigenvalue weighted by Gasteiger charge is -2.14. The van der Waals surface area contributed by atoms with Crippen LogP contribution in [0, 0.1) is 18.6 Å². The topological polar surface area (TPSA) is 42.2 Å². The maximum Gasteiger partial charge on any atom is 0.287 e. The van der Waals surface area contributed by atoms with Gasteiger partial charge in [0.2, 0.25) is 0 Å². The van der Waals surface area contributed by atoms with Crippen LogP contribution in [-0.2, 0) is 0 Å². The number of furan rings is 1. The van der Waals surface area contributed by atoms with Gasteiger partial charge >= 0.3 is 0 Å². The second-order valence-electron chi connectivity index (χ2n) is 4.27. The van der Waals surface area contributed by atoms with Crippen molar-refractivity contribution in [3.63, 3.8) is 0 Å². The molecule has 0 spiro atoms. The van der Waals surface area contributed by atoms with Crippen LogP contribution in [0.2, 0.25) is 0 Å². The first-order valence-electron chi connectivity index (χ1n) is 5.79. The van der Waals surface area contributed by atoms with Crippen LogP contribution in [0.5, 0.6) is 0 Å². The third-order valence-corrected chi connectivity index (χ3v) is 2.74. The van der Waals surface area contributed by atoms with E-state index >= 15 is 0 Å². The van der Waals surface area contributed by atoms with Crippen LogP contribution in [0.15, 0.2) is 34.7 Å². The van der Waals surface area contributed by atoms with Crippen molar-refractivity contribution in [2.45, 2.75) is 19.9 Å². The Morgan fingerprint density at radius 2 is 2.00 bits per heavy atom. The average molecular weight is 265 g/mol. The molecule has 0 radical (unpaired) electrons. The van der Waals surface area contributed by atoms with Gasteiger partial charge in [-0.05, 0) is 32.0 Å². The van der Waals surface area contributed by atoms with Gasteiger partial charge in [-0.2, -0.15) is 0 Å². The Balaban J connectivity index is 2.12. The first-order valence-corrected chi connectivity index (χ1v) is 5.79. The van der Waals surface area contributed by atoms with Gasteiger partial charge in [-0.15, -0.1) is 0 Å². The van der Waals surface area contributed by atoms with Crippen LogP contribution >= 0.6 is 0 Å². The van der Waals surface area contributed by atoms with Gasteiger partial charge in [0.25, 0.3) is 5.91 Å². The monoisotopic (exact) mass is 265 g/mol. The van der Waals surface area contributed by atoms with E-state index in [1.807, 2.05) is 0 Å². The first-order chi connectivity index (χ1) is 8.97. The fourth-order valence-corrected chi connectivity index (χ4v) is 1.75. The molecular weight excluding hydrogens is 252 g/mol. The van der Waals surface area contributed by atoms with Crippen molar-refractivity contribution in [1.29, 1.82) is 0 Å². The number of nitrogens with one attached hydrogen (secondary N) is 1. The third kappa shape index (κ3) is 2.99. The van der Waals surface area contributed by atoms with Crippen LogP contribution in [0.25, 0.3) is 0 Å². The van der Waals surface area contributed by atoms with Crippen molar-refractivity contribution in [3.8, 4) is 0 Å². The zero-order valence-corrected chi connectivity index (χ0v) is 10.5. The number of hydrogen-bond donors (Lipinski definition) is 1. The van der Waals surface area contributed by atoms with Gasteiger partial charge in [-0.25, -0.2) is 8.78 Å². The molecule has 1 atom stereocenters. The molecule has 0 bridgehead atoms. The second-order valence-corrected chi connectivity index (χ2v) is 4.27. The minimum atomic E-state index is -0.691. The largest absolute Gasteiger partial charge is 0.456 e. The fraction of sp³-hybridized carbons (Fsp3) is 0.214. The second kappa shape index (κ2) is 5.22. The van der Waals surface area contributed by atoms with E-state index in [1.165, 1.54) is 6.07 Å². The summed E-state index contributed by atoms with van der Waals surface area (Å²) < 4.78 is 31.5. The van der Waals surface area contributed by atoms with Crippen LogP contribution < -0.4 is 5.32 Å². The first kappa shape index (κ1) is 13.3. The van der Waals surface area contributed by atoms with Gasteiger partial charge in [-0.3, -0.25) is 4.79 Å². The van der Waals surface area contributed by atoms with E-state index < -0.39 is 23.6 Å². The summed E-state index contributed by atoms with van der Waals surface area (Å²) in [6.07, 6.45) is 0. The van der Waals surface area contributed by atoms with Crippen molar-refractivity contribution >= 4 is 5.91 Å². The lowest BCUT2D eigenvalue weighted by molar-refractivity contribution is 0.0910. The highest BCUT2D eigenvalue weighted by Gasteiger charge is 2.17. The number of benzene rings is 1. The SMILES string of the molecule is Cc1ccc(C(=O)NC(C)c2ccc(F)cc2F)o1. The van der Waals surface area contributed by atoms with E-state index in [2.05, 4.69) is 5.32 Å². The predicted octanol–water partition coefficient (Wildman–Crippen LogP) is 3.36. The summed E-state index contributed by atoms with van der Waals surface area (Å²) in [5.41, 5.74) is 0.220. The highest BCUT2D eigenvalue weighted by atomic mass is 19.1. The number of rotatable bonds is 3. The molecule has 0 aliphatic heterocycles. The Hall–Kier alpha value is -2.17. The lowest BCUT2D eigenvalue weighted by Crippen LogP contribution is -2.26. The van der Waals surface area contributed by atoms with Crippen LogP contribution in [0.1, 0.15) is 34.8 Å². The Morgan fingerprint density at radius 1 is 1.26 bits per heavy atom. The van der Waals surface area contributed by atoms with Crippen molar-refractivity contribution in [3.05, 3.63) is 59.1 Å². The van der Waals surface area contributed by atoms with E-state index in [0.717, 1.165) is 12.1 Å². The lowest BCUT2D eigenvalue weighted by atomic mass is 10.1. The summed E-state index contributed by atoms with van der Waals surface area (Å²) >= 11 is 0. The van der Waals surface area contributed by atoms with Gasteiger partial charge in [0.1, 0.15) is 17.4 Å². The zero-order valence-electron chi connectivity index (χ0n) is 10.5. The fourth-order valence-electron chi connectivity index (χ4n) is 1.75. The number of aryl methyl sites for hydroxylation is 1. The minimum absolute atomic E-state index is 0.159. The Kier molecular flexibility index (Phi) is 3.64. The normalized spacial score (nSPS) is 12.2. The number of halogens is 2. The molecule has 0 aliphatic rings. The van der Waals surface area contributed by atoms with Gasteiger partial charge in [-0.1, -0.05) is 6.07 Å². The van der Waals surface area contributed by atoms with Crippen LogP contribution in [-0.4, -0.2) is 5.91 Å².